The number of rotatable bonds is 5. The number of benzene rings is 1. The summed E-state index contributed by atoms with van der Waals surface area (Å²) in [4.78, 5) is 6.50. The maximum atomic E-state index is 5.88. The van der Waals surface area contributed by atoms with Gasteiger partial charge in [-0.05, 0) is 36.2 Å². The Labute approximate surface area is 115 Å². The van der Waals surface area contributed by atoms with E-state index >= 15 is 0 Å². The summed E-state index contributed by atoms with van der Waals surface area (Å²) in [5, 5.41) is 0. The van der Waals surface area contributed by atoms with E-state index in [-0.39, 0.29) is 5.92 Å². The van der Waals surface area contributed by atoms with E-state index in [1.165, 1.54) is 11.3 Å². The van der Waals surface area contributed by atoms with Crippen molar-refractivity contribution in [2.24, 2.45) is 5.73 Å². The fraction of sp³-hybridized carbons (Fsp3) is 0.312. The molecule has 0 saturated carbocycles. The molecule has 0 aliphatic heterocycles. The van der Waals surface area contributed by atoms with Gasteiger partial charge in [-0.1, -0.05) is 18.2 Å². The predicted octanol–water partition coefficient (Wildman–Crippen LogP) is 2.43. The molecule has 2 aromatic rings. The largest absolute Gasteiger partial charge is 0.378 e. The van der Waals surface area contributed by atoms with E-state index in [0.29, 0.717) is 6.54 Å². The standard InChI is InChI=1S/C16H21N3/c1-19(2)15-8-6-13(7-9-15)11-14(12-17)16-5-3-4-10-18-16/h3-10,14H,11-12,17H2,1-2H3. The highest BCUT2D eigenvalue weighted by Crippen LogP contribution is 2.20. The van der Waals surface area contributed by atoms with Crippen LogP contribution in [0.15, 0.2) is 48.7 Å². The van der Waals surface area contributed by atoms with Crippen LogP contribution in [0.3, 0.4) is 0 Å². The molecule has 3 heteroatoms. The fourth-order valence-electron chi connectivity index (χ4n) is 2.14. The van der Waals surface area contributed by atoms with Gasteiger partial charge in [0.15, 0.2) is 0 Å². The van der Waals surface area contributed by atoms with Crippen LogP contribution in [-0.4, -0.2) is 25.6 Å². The second-order valence-corrected chi connectivity index (χ2v) is 4.95. The van der Waals surface area contributed by atoms with E-state index in [0.717, 1.165) is 12.1 Å². The van der Waals surface area contributed by atoms with Crippen molar-refractivity contribution in [2.75, 3.05) is 25.5 Å². The number of anilines is 1. The zero-order valence-corrected chi connectivity index (χ0v) is 11.6. The van der Waals surface area contributed by atoms with Crippen molar-refractivity contribution in [3.8, 4) is 0 Å². The molecule has 19 heavy (non-hydrogen) atoms. The van der Waals surface area contributed by atoms with Crippen LogP contribution in [0.5, 0.6) is 0 Å². The van der Waals surface area contributed by atoms with E-state index in [1.54, 1.807) is 0 Å². The van der Waals surface area contributed by atoms with Gasteiger partial charge in [0.25, 0.3) is 0 Å². The fourth-order valence-corrected chi connectivity index (χ4v) is 2.14. The third kappa shape index (κ3) is 3.55. The molecule has 1 heterocycles. The molecule has 0 aliphatic rings. The van der Waals surface area contributed by atoms with Gasteiger partial charge >= 0.3 is 0 Å². The van der Waals surface area contributed by atoms with Crippen molar-refractivity contribution in [2.45, 2.75) is 12.3 Å². The van der Waals surface area contributed by atoms with E-state index < -0.39 is 0 Å². The van der Waals surface area contributed by atoms with Crippen molar-refractivity contribution in [3.05, 3.63) is 59.9 Å². The average Bonchev–Trinajstić information content (AvgIpc) is 2.46. The highest BCUT2D eigenvalue weighted by atomic mass is 15.1. The first-order valence-electron chi connectivity index (χ1n) is 6.58. The van der Waals surface area contributed by atoms with Crippen LogP contribution in [0, 0.1) is 0 Å². The number of hydrogen-bond acceptors (Lipinski definition) is 3. The van der Waals surface area contributed by atoms with Crippen LogP contribution in [-0.2, 0) is 6.42 Å². The average molecular weight is 255 g/mol. The summed E-state index contributed by atoms with van der Waals surface area (Å²) in [6.45, 7) is 0.618. The normalized spacial score (nSPS) is 12.2. The molecular formula is C16H21N3. The molecule has 0 spiro atoms. The Kier molecular flexibility index (Phi) is 4.53. The first-order valence-corrected chi connectivity index (χ1v) is 6.58. The summed E-state index contributed by atoms with van der Waals surface area (Å²) < 4.78 is 0. The Morgan fingerprint density at radius 1 is 1.11 bits per heavy atom. The van der Waals surface area contributed by atoms with Gasteiger partial charge in [-0.2, -0.15) is 0 Å². The summed E-state index contributed by atoms with van der Waals surface area (Å²) in [5.41, 5.74) is 9.47. The molecular weight excluding hydrogens is 234 g/mol. The second-order valence-electron chi connectivity index (χ2n) is 4.95. The molecule has 0 radical (unpaired) electrons. The summed E-state index contributed by atoms with van der Waals surface area (Å²) in [5.74, 6) is 0.284. The van der Waals surface area contributed by atoms with Crippen molar-refractivity contribution >= 4 is 5.69 Å². The number of hydrogen-bond donors (Lipinski definition) is 1. The molecule has 1 atom stereocenters. The molecule has 0 amide bonds. The van der Waals surface area contributed by atoms with Gasteiger partial charge in [-0.25, -0.2) is 0 Å². The summed E-state index contributed by atoms with van der Waals surface area (Å²) in [7, 11) is 4.09. The maximum absolute atomic E-state index is 5.88. The topological polar surface area (TPSA) is 42.1 Å². The van der Waals surface area contributed by atoms with Gasteiger partial charge in [-0.3, -0.25) is 4.98 Å². The molecule has 2 N–H and O–H groups in total. The smallest absolute Gasteiger partial charge is 0.0450 e. The van der Waals surface area contributed by atoms with Gasteiger partial charge in [0.2, 0.25) is 0 Å². The Bertz CT molecular complexity index is 491. The zero-order chi connectivity index (χ0) is 13.7. The molecule has 0 saturated heterocycles. The summed E-state index contributed by atoms with van der Waals surface area (Å²) in [6, 6.07) is 14.6. The molecule has 1 aromatic carbocycles. The Hall–Kier alpha value is -1.87. The zero-order valence-electron chi connectivity index (χ0n) is 11.6. The quantitative estimate of drug-likeness (QED) is 0.892. The van der Waals surface area contributed by atoms with Gasteiger partial charge in [0.05, 0.1) is 0 Å². The van der Waals surface area contributed by atoms with Crippen LogP contribution >= 0.6 is 0 Å². The van der Waals surface area contributed by atoms with Crippen LogP contribution in [0.25, 0.3) is 0 Å². The number of nitrogens with zero attached hydrogens (tertiary/aromatic N) is 2. The third-order valence-electron chi connectivity index (χ3n) is 3.33. The third-order valence-corrected chi connectivity index (χ3v) is 3.33. The lowest BCUT2D eigenvalue weighted by molar-refractivity contribution is 0.672. The number of nitrogens with two attached hydrogens (primary N) is 1. The molecule has 0 bridgehead atoms. The monoisotopic (exact) mass is 255 g/mol. The van der Waals surface area contributed by atoms with Gasteiger partial charge in [-0.15, -0.1) is 0 Å². The lowest BCUT2D eigenvalue weighted by Gasteiger charge is -2.16. The molecule has 2 rings (SSSR count). The van der Waals surface area contributed by atoms with E-state index in [2.05, 4.69) is 34.1 Å². The molecule has 1 unspecified atom stereocenters. The van der Waals surface area contributed by atoms with Crippen molar-refractivity contribution in [1.82, 2.24) is 4.98 Å². The maximum Gasteiger partial charge on any atom is 0.0450 e. The molecule has 1 aromatic heterocycles. The van der Waals surface area contributed by atoms with Crippen LogP contribution < -0.4 is 10.6 Å². The minimum Gasteiger partial charge on any atom is -0.378 e. The van der Waals surface area contributed by atoms with Crippen LogP contribution in [0.1, 0.15) is 17.2 Å². The van der Waals surface area contributed by atoms with E-state index in [4.69, 9.17) is 5.73 Å². The molecule has 0 fully saturated rings. The van der Waals surface area contributed by atoms with Gasteiger partial charge < -0.3 is 10.6 Å². The van der Waals surface area contributed by atoms with Crippen LogP contribution in [0.4, 0.5) is 5.69 Å². The lowest BCUT2D eigenvalue weighted by atomic mass is 9.95. The minimum atomic E-state index is 0.284. The van der Waals surface area contributed by atoms with Gasteiger partial charge in [0, 0.05) is 44.1 Å². The Morgan fingerprint density at radius 3 is 2.37 bits per heavy atom. The van der Waals surface area contributed by atoms with Crippen molar-refractivity contribution < 1.29 is 0 Å². The van der Waals surface area contributed by atoms with Crippen molar-refractivity contribution in [1.29, 1.82) is 0 Å². The van der Waals surface area contributed by atoms with Crippen LogP contribution in [0.2, 0.25) is 0 Å². The van der Waals surface area contributed by atoms with Gasteiger partial charge in [0.1, 0.15) is 0 Å². The summed E-state index contributed by atoms with van der Waals surface area (Å²) in [6.07, 6.45) is 2.76. The summed E-state index contributed by atoms with van der Waals surface area (Å²) >= 11 is 0. The minimum absolute atomic E-state index is 0.284. The first kappa shape index (κ1) is 13.6. The van der Waals surface area contributed by atoms with Crippen molar-refractivity contribution in [3.63, 3.8) is 0 Å². The highest BCUT2D eigenvalue weighted by molar-refractivity contribution is 5.46. The SMILES string of the molecule is CN(C)c1ccc(CC(CN)c2ccccn2)cc1. The lowest BCUT2D eigenvalue weighted by Crippen LogP contribution is -2.16. The number of pyridine rings is 1. The number of aromatic nitrogens is 1. The predicted molar refractivity (Wildman–Crippen MR) is 80.5 cm³/mol. The Balaban J connectivity index is 2.10. The molecule has 0 aliphatic carbocycles. The van der Waals surface area contributed by atoms with E-state index in [1.807, 2.05) is 38.5 Å². The first-order chi connectivity index (χ1) is 9.20. The highest BCUT2D eigenvalue weighted by Gasteiger charge is 2.11. The molecule has 100 valence electrons. The molecule has 3 nitrogen and oxygen atoms in total. The second kappa shape index (κ2) is 6.34. The van der Waals surface area contributed by atoms with E-state index in [9.17, 15) is 0 Å². The Morgan fingerprint density at radius 2 is 1.84 bits per heavy atom.